The quantitative estimate of drug-likeness (QED) is 0.646. The highest BCUT2D eigenvalue weighted by Gasteiger charge is 2.22. The van der Waals surface area contributed by atoms with Gasteiger partial charge in [-0.15, -0.1) is 0 Å². The molecule has 2 rings (SSSR count). The zero-order valence-electron chi connectivity index (χ0n) is 9.26. The largest absolute Gasteiger partial charge is 0.399 e. The molecular weight excluding hydrogens is 204 g/mol. The van der Waals surface area contributed by atoms with E-state index in [1.807, 2.05) is 18.2 Å². The van der Waals surface area contributed by atoms with E-state index in [4.69, 9.17) is 10.8 Å². The lowest BCUT2D eigenvalue weighted by atomic mass is 10.1. The molecule has 4 nitrogen and oxygen atoms in total. The average Bonchev–Trinajstić information content (AvgIpc) is 2.65. The second-order valence-corrected chi connectivity index (χ2v) is 4.25. The maximum Gasteiger partial charge on any atom is 0.0731 e. The molecular formula is C12H18N2O2. The van der Waals surface area contributed by atoms with Gasteiger partial charge in [-0.1, -0.05) is 0 Å². The van der Waals surface area contributed by atoms with Gasteiger partial charge < -0.3 is 20.8 Å². The zero-order chi connectivity index (χ0) is 11.5. The Kier molecular flexibility index (Phi) is 3.31. The second kappa shape index (κ2) is 4.72. The van der Waals surface area contributed by atoms with Crippen molar-refractivity contribution in [2.45, 2.75) is 18.9 Å². The number of benzene rings is 1. The maximum atomic E-state index is 9.52. The fourth-order valence-corrected chi connectivity index (χ4v) is 2.20. The molecule has 1 unspecified atom stereocenters. The minimum atomic E-state index is -0.237. The number of aliphatic hydroxyl groups excluding tert-OH is 2. The van der Waals surface area contributed by atoms with Gasteiger partial charge in [-0.25, -0.2) is 0 Å². The summed E-state index contributed by atoms with van der Waals surface area (Å²) in [5.74, 6) is 0. The van der Waals surface area contributed by atoms with Crippen LogP contribution in [-0.2, 0) is 6.42 Å². The second-order valence-electron chi connectivity index (χ2n) is 4.25. The lowest BCUT2D eigenvalue weighted by Crippen LogP contribution is -2.22. The average molecular weight is 222 g/mol. The van der Waals surface area contributed by atoms with E-state index in [0.717, 1.165) is 24.2 Å². The summed E-state index contributed by atoms with van der Waals surface area (Å²) in [7, 11) is 0. The van der Waals surface area contributed by atoms with E-state index in [0.29, 0.717) is 18.7 Å². The monoisotopic (exact) mass is 222 g/mol. The zero-order valence-corrected chi connectivity index (χ0v) is 9.26. The van der Waals surface area contributed by atoms with Crippen LogP contribution in [0, 0.1) is 0 Å². The van der Waals surface area contributed by atoms with Crippen LogP contribution in [0.2, 0.25) is 0 Å². The summed E-state index contributed by atoms with van der Waals surface area (Å²) in [4.78, 5) is 2.15. The molecule has 0 aromatic heterocycles. The Morgan fingerprint density at radius 1 is 1.44 bits per heavy atom. The van der Waals surface area contributed by atoms with Crippen LogP contribution in [0.5, 0.6) is 0 Å². The third-order valence-corrected chi connectivity index (χ3v) is 2.99. The first-order chi connectivity index (χ1) is 7.70. The van der Waals surface area contributed by atoms with Crippen LogP contribution < -0.4 is 10.6 Å². The molecule has 0 bridgehead atoms. The number of nitrogen functional groups attached to an aromatic ring is 1. The molecule has 0 radical (unpaired) electrons. The highest BCUT2D eigenvalue weighted by atomic mass is 16.3. The van der Waals surface area contributed by atoms with Crippen LogP contribution in [-0.4, -0.2) is 36.0 Å². The number of nitrogens with two attached hydrogens (primary N) is 1. The van der Waals surface area contributed by atoms with Gasteiger partial charge in [-0.3, -0.25) is 0 Å². The molecule has 0 amide bonds. The van der Waals surface area contributed by atoms with E-state index < -0.39 is 0 Å². The van der Waals surface area contributed by atoms with Crippen LogP contribution in [0.15, 0.2) is 18.2 Å². The van der Waals surface area contributed by atoms with Crippen molar-refractivity contribution in [3.63, 3.8) is 0 Å². The molecule has 88 valence electrons. The lowest BCUT2D eigenvalue weighted by Gasteiger charge is -2.21. The SMILES string of the molecule is Nc1ccc(N2CCC(O)C2)c(CCO)c1. The van der Waals surface area contributed by atoms with Gasteiger partial charge >= 0.3 is 0 Å². The van der Waals surface area contributed by atoms with Gasteiger partial charge in [0, 0.05) is 31.1 Å². The van der Waals surface area contributed by atoms with Gasteiger partial charge in [0.1, 0.15) is 0 Å². The topological polar surface area (TPSA) is 69.7 Å². The fourth-order valence-electron chi connectivity index (χ4n) is 2.20. The number of anilines is 2. The summed E-state index contributed by atoms with van der Waals surface area (Å²) in [6.07, 6.45) is 1.18. The summed E-state index contributed by atoms with van der Waals surface area (Å²) in [6, 6.07) is 5.73. The first kappa shape index (κ1) is 11.2. The smallest absolute Gasteiger partial charge is 0.0731 e. The number of hydrogen-bond donors (Lipinski definition) is 3. The van der Waals surface area contributed by atoms with Gasteiger partial charge in [0.15, 0.2) is 0 Å². The number of β-amino-alcohol motifs (C(OH)–C–C–N with tert-alkyl or cyclic N) is 1. The molecule has 4 N–H and O–H groups in total. The highest BCUT2D eigenvalue weighted by Crippen LogP contribution is 2.26. The van der Waals surface area contributed by atoms with Crippen molar-refractivity contribution in [3.05, 3.63) is 23.8 Å². The molecule has 1 aliphatic heterocycles. The van der Waals surface area contributed by atoms with E-state index in [1.54, 1.807) is 0 Å². The van der Waals surface area contributed by atoms with E-state index >= 15 is 0 Å². The fraction of sp³-hybridized carbons (Fsp3) is 0.500. The van der Waals surface area contributed by atoms with Crippen molar-refractivity contribution in [2.24, 2.45) is 0 Å². The highest BCUT2D eigenvalue weighted by molar-refractivity contribution is 5.60. The molecule has 1 aromatic carbocycles. The molecule has 1 aliphatic rings. The number of nitrogens with zero attached hydrogens (tertiary/aromatic N) is 1. The van der Waals surface area contributed by atoms with E-state index in [9.17, 15) is 5.11 Å². The molecule has 1 heterocycles. The molecule has 0 spiro atoms. The van der Waals surface area contributed by atoms with Crippen LogP contribution in [0.4, 0.5) is 11.4 Å². The first-order valence-electron chi connectivity index (χ1n) is 5.63. The van der Waals surface area contributed by atoms with E-state index in [2.05, 4.69) is 4.90 Å². The van der Waals surface area contributed by atoms with Gasteiger partial charge in [-0.2, -0.15) is 0 Å². The summed E-state index contributed by atoms with van der Waals surface area (Å²) in [5, 5.41) is 18.5. The van der Waals surface area contributed by atoms with E-state index in [-0.39, 0.29) is 12.7 Å². The predicted molar refractivity (Wildman–Crippen MR) is 64.5 cm³/mol. The van der Waals surface area contributed by atoms with Crippen molar-refractivity contribution >= 4 is 11.4 Å². The summed E-state index contributed by atoms with van der Waals surface area (Å²) in [6.45, 7) is 1.65. The Hall–Kier alpha value is -1.26. The third kappa shape index (κ3) is 2.28. The van der Waals surface area contributed by atoms with Crippen LogP contribution in [0.1, 0.15) is 12.0 Å². The number of rotatable bonds is 3. The normalized spacial score (nSPS) is 20.4. The standard InChI is InChI=1S/C12H18N2O2/c13-10-1-2-12(9(7-10)4-6-15)14-5-3-11(16)8-14/h1-2,7,11,15-16H,3-6,8,13H2. The predicted octanol–water partition coefficient (Wildman–Crippen LogP) is 0.375. The van der Waals surface area contributed by atoms with Crippen molar-refractivity contribution in [2.75, 3.05) is 30.3 Å². The molecule has 1 fully saturated rings. The number of aliphatic hydroxyl groups is 2. The summed E-state index contributed by atoms with van der Waals surface area (Å²) in [5.41, 5.74) is 8.58. The van der Waals surface area contributed by atoms with Crippen LogP contribution in [0.3, 0.4) is 0 Å². The molecule has 0 saturated carbocycles. The Bertz CT molecular complexity index is 368. The lowest BCUT2D eigenvalue weighted by molar-refractivity contribution is 0.198. The van der Waals surface area contributed by atoms with Crippen LogP contribution >= 0.6 is 0 Å². The van der Waals surface area contributed by atoms with Crippen molar-refractivity contribution in [3.8, 4) is 0 Å². The van der Waals surface area contributed by atoms with Gasteiger partial charge in [0.2, 0.25) is 0 Å². The molecule has 1 saturated heterocycles. The Labute approximate surface area is 95.3 Å². The Balaban J connectivity index is 2.25. The molecule has 0 aliphatic carbocycles. The van der Waals surface area contributed by atoms with Crippen LogP contribution in [0.25, 0.3) is 0 Å². The minimum Gasteiger partial charge on any atom is -0.399 e. The third-order valence-electron chi connectivity index (χ3n) is 2.99. The first-order valence-corrected chi connectivity index (χ1v) is 5.63. The maximum absolute atomic E-state index is 9.52. The van der Waals surface area contributed by atoms with Crippen molar-refractivity contribution in [1.82, 2.24) is 0 Å². The Morgan fingerprint density at radius 2 is 2.25 bits per heavy atom. The summed E-state index contributed by atoms with van der Waals surface area (Å²) >= 11 is 0. The van der Waals surface area contributed by atoms with Gasteiger partial charge in [-0.05, 0) is 36.6 Å². The molecule has 1 aromatic rings. The Morgan fingerprint density at radius 3 is 2.88 bits per heavy atom. The number of hydrogen-bond acceptors (Lipinski definition) is 4. The molecule has 16 heavy (non-hydrogen) atoms. The summed E-state index contributed by atoms with van der Waals surface area (Å²) < 4.78 is 0. The molecule has 1 atom stereocenters. The van der Waals surface area contributed by atoms with Gasteiger partial charge in [0.05, 0.1) is 6.10 Å². The van der Waals surface area contributed by atoms with E-state index in [1.165, 1.54) is 0 Å². The minimum absolute atomic E-state index is 0.118. The van der Waals surface area contributed by atoms with Crippen molar-refractivity contribution in [1.29, 1.82) is 0 Å². The molecule has 4 heteroatoms. The van der Waals surface area contributed by atoms with Crippen molar-refractivity contribution < 1.29 is 10.2 Å². The van der Waals surface area contributed by atoms with Gasteiger partial charge in [0.25, 0.3) is 0 Å².